The van der Waals surface area contributed by atoms with Crippen LogP contribution in [-0.2, 0) is 21.2 Å². The number of fused-ring (bicyclic) bond motifs is 1. The lowest BCUT2D eigenvalue weighted by Crippen LogP contribution is -2.42. The Kier molecular flexibility index (Phi) is 7.54. The van der Waals surface area contributed by atoms with Crippen LogP contribution in [0.5, 0.6) is 0 Å². The molecule has 0 saturated carbocycles. The number of carbonyl (C=O) groups is 1. The Hall–Kier alpha value is -2.49. The molecule has 1 aliphatic rings. The molecule has 2 heterocycles. The van der Waals surface area contributed by atoms with Gasteiger partial charge in [-0.05, 0) is 63.3 Å². The molecule has 1 amide bonds. The number of benzene rings is 2. The van der Waals surface area contributed by atoms with Gasteiger partial charge in [0.25, 0.3) is 0 Å². The lowest BCUT2D eigenvalue weighted by molar-refractivity contribution is -0.120. The van der Waals surface area contributed by atoms with Gasteiger partial charge in [-0.2, -0.15) is 0 Å². The number of hydrogen-bond donors (Lipinski definition) is 1. The number of hydrogen-bond acceptors (Lipinski definition) is 5. The number of nitrogens with one attached hydrogen (secondary N) is 1. The van der Waals surface area contributed by atoms with E-state index in [4.69, 9.17) is 0 Å². The minimum absolute atomic E-state index is 0.00849. The number of carbonyl (C=O) groups excluding carboxylic acids is 1. The summed E-state index contributed by atoms with van der Waals surface area (Å²) in [5, 5.41) is 2.96. The second-order valence-electron chi connectivity index (χ2n) is 9.08. The molecule has 3 aromatic rings. The molecule has 0 atom stereocenters. The summed E-state index contributed by atoms with van der Waals surface area (Å²) in [6.45, 7) is 4.67. The summed E-state index contributed by atoms with van der Waals surface area (Å²) in [6.07, 6.45) is 2.32. The number of piperidine rings is 1. The molecule has 4 rings (SSSR count). The van der Waals surface area contributed by atoms with Gasteiger partial charge in [-0.15, -0.1) is 0 Å². The largest absolute Gasteiger partial charge is 0.326 e. The maximum absolute atomic E-state index is 12.8. The minimum atomic E-state index is -3.32. The van der Waals surface area contributed by atoms with Gasteiger partial charge >= 0.3 is 4.87 Å². The molecule has 0 unspecified atom stereocenters. The van der Waals surface area contributed by atoms with Crippen molar-refractivity contribution in [1.29, 1.82) is 0 Å². The lowest BCUT2D eigenvalue weighted by Gasteiger charge is -2.30. The first-order chi connectivity index (χ1) is 16.2. The number of aromatic nitrogens is 1. The first kappa shape index (κ1) is 24.6. The van der Waals surface area contributed by atoms with Crippen LogP contribution in [-0.4, -0.2) is 42.0 Å². The van der Waals surface area contributed by atoms with E-state index in [0.29, 0.717) is 38.0 Å². The topological polar surface area (TPSA) is 88.5 Å². The molecule has 9 heteroatoms. The molecule has 0 radical (unpaired) electrons. The number of amides is 1. The Morgan fingerprint density at radius 2 is 1.82 bits per heavy atom. The van der Waals surface area contributed by atoms with Gasteiger partial charge in [0.1, 0.15) is 0 Å². The highest BCUT2D eigenvalue weighted by molar-refractivity contribution is 7.89. The van der Waals surface area contributed by atoms with Crippen molar-refractivity contribution < 1.29 is 13.2 Å². The summed E-state index contributed by atoms with van der Waals surface area (Å²) in [4.78, 5) is 25.1. The summed E-state index contributed by atoms with van der Waals surface area (Å²) in [6, 6.07) is 15.5. The molecule has 0 aliphatic carbocycles. The van der Waals surface area contributed by atoms with Crippen molar-refractivity contribution in [3.63, 3.8) is 0 Å². The Morgan fingerprint density at radius 3 is 2.50 bits per heavy atom. The predicted octanol–water partition coefficient (Wildman–Crippen LogP) is 4.26. The van der Waals surface area contributed by atoms with E-state index in [-0.39, 0.29) is 28.5 Å². The van der Waals surface area contributed by atoms with E-state index in [2.05, 4.69) is 5.32 Å². The zero-order valence-electron chi connectivity index (χ0n) is 19.6. The molecule has 1 N–H and O–H groups in total. The van der Waals surface area contributed by atoms with Crippen LogP contribution in [0.2, 0.25) is 0 Å². The maximum Gasteiger partial charge on any atom is 0.308 e. The van der Waals surface area contributed by atoms with Gasteiger partial charge in [0.15, 0.2) is 0 Å². The predicted molar refractivity (Wildman–Crippen MR) is 138 cm³/mol. The standard InChI is InChI=1S/C25H31N3O4S2/c1-18(2)28-22-11-10-21(17-23(22)33-25(28)30)26-24(29)20-12-14-27(15-13-20)34(31,32)16-6-9-19-7-4-3-5-8-19/h3-5,7-8,10-11,17-18,20H,6,9,12-16H2,1-2H3,(H,26,29). The van der Waals surface area contributed by atoms with E-state index < -0.39 is 10.0 Å². The molecule has 7 nitrogen and oxygen atoms in total. The molecule has 0 spiro atoms. The Morgan fingerprint density at radius 1 is 1.12 bits per heavy atom. The summed E-state index contributed by atoms with van der Waals surface area (Å²) < 4.78 is 29.6. The molecule has 34 heavy (non-hydrogen) atoms. The van der Waals surface area contributed by atoms with Gasteiger partial charge in [-0.25, -0.2) is 12.7 Å². The fourth-order valence-electron chi connectivity index (χ4n) is 4.48. The summed E-state index contributed by atoms with van der Waals surface area (Å²) in [7, 11) is -3.32. The van der Waals surface area contributed by atoms with Crippen molar-refractivity contribution >= 4 is 43.2 Å². The van der Waals surface area contributed by atoms with Gasteiger partial charge in [0, 0.05) is 30.7 Å². The van der Waals surface area contributed by atoms with Gasteiger partial charge in [-0.1, -0.05) is 41.7 Å². The molecule has 1 saturated heterocycles. The Bertz CT molecular complexity index is 1300. The summed E-state index contributed by atoms with van der Waals surface area (Å²) in [5.41, 5.74) is 2.67. The van der Waals surface area contributed by atoms with Gasteiger partial charge in [0.05, 0.1) is 16.0 Å². The van der Waals surface area contributed by atoms with Crippen molar-refractivity contribution in [2.45, 2.75) is 45.6 Å². The first-order valence-corrected chi connectivity index (χ1v) is 14.1. The van der Waals surface area contributed by atoms with Crippen molar-refractivity contribution in [3.05, 3.63) is 63.8 Å². The number of nitrogens with zero attached hydrogens (tertiary/aromatic N) is 2. The molecule has 1 fully saturated rings. The van der Waals surface area contributed by atoms with Crippen molar-refractivity contribution in [2.75, 3.05) is 24.2 Å². The zero-order valence-corrected chi connectivity index (χ0v) is 21.2. The van der Waals surface area contributed by atoms with E-state index in [1.807, 2.05) is 62.4 Å². The maximum atomic E-state index is 12.8. The number of sulfonamides is 1. The third-order valence-electron chi connectivity index (χ3n) is 6.33. The fourth-order valence-corrected chi connectivity index (χ4v) is 7.06. The van der Waals surface area contributed by atoms with E-state index in [0.717, 1.165) is 22.2 Å². The summed E-state index contributed by atoms with van der Waals surface area (Å²) in [5.74, 6) is -0.209. The average Bonchev–Trinajstić information content (AvgIpc) is 3.15. The quantitative estimate of drug-likeness (QED) is 0.500. The smallest absolute Gasteiger partial charge is 0.308 e. The normalized spacial score (nSPS) is 15.7. The van der Waals surface area contributed by atoms with Crippen LogP contribution in [0.25, 0.3) is 10.2 Å². The van der Waals surface area contributed by atoms with Crippen LogP contribution in [0.1, 0.15) is 44.7 Å². The van der Waals surface area contributed by atoms with E-state index in [1.54, 1.807) is 4.57 Å². The number of thiazole rings is 1. The second-order valence-corrected chi connectivity index (χ2v) is 12.2. The number of rotatable bonds is 8. The van der Waals surface area contributed by atoms with Crippen LogP contribution in [0.3, 0.4) is 0 Å². The minimum Gasteiger partial charge on any atom is -0.326 e. The molecule has 2 aromatic carbocycles. The van der Waals surface area contributed by atoms with Crippen molar-refractivity contribution in [2.24, 2.45) is 5.92 Å². The monoisotopic (exact) mass is 501 g/mol. The van der Waals surface area contributed by atoms with Gasteiger partial charge in [0.2, 0.25) is 15.9 Å². The first-order valence-electron chi connectivity index (χ1n) is 11.7. The summed E-state index contributed by atoms with van der Waals surface area (Å²) >= 11 is 1.17. The van der Waals surface area contributed by atoms with Crippen LogP contribution in [0, 0.1) is 5.92 Å². The van der Waals surface area contributed by atoms with Crippen molar-refractivity contribution in [3.8, 4) is 0 Å². The van der Waals surface area contributed by atoms with Crippen LogP contribution >= 0.6 is 11.3 Å². The average molecular weight is 502 g/mol. The molecular weight excluding hydrogens is 470 g/mol. The van der Waals surface area contributed by atoms with Gasteiger partial charge in [-0.3, -0.25) is 14.2 Å². The number of anilines is 1. The zero-order chi connectivity index (χ0) is 24.3. The highest BCUT2D eigenvalue weighted by Crippen LogP contribution is 2.26. The van der Waals surface area contributed by atoms with E-state index in [1.165, 1.54) is 15.6 Å². The molecule has 182 valence electrons. The second kappa shape index (κ2) is 10.4. The fraction of sp³-hybridized carbons (Fsp3) is 0.440. The lowest BCUT2D eigenvalue weighted by atomic mass is 9.97. The van der Waals surface area contributed by atoms with E-state index in [9.17, 15) is 18.0 Å². The van der Waals surface area contributed by atoms with Crippen LogP contribution in [0.15, 0.2) is 53.3 Å². The van der Waals surface area contributed by atoms with Gasteiger partial charge < -0.3 is 5.32 Å². The highest BCUT2D eigenvalue weighted by atomic mass is 32.2. The van der Waals surface area contributed by atoms with Crippen molar-refractivity contribution in [1.82, 2.24) is 8.87 Å². The van der Waals surface area contributed by atoms with E-state index >= 15 is 0 Å². The van der Waals surface area contributed by atoms with Crippen LogP contribution in [0.4, 0.5) is 5.69 Å². The Balaban J connectivity index is 1.30. The SMILES string of the molecule is CC(C)n1c(=O)sc2cc(NC(=O)C3CCN(S(=O)(=O)CCCc4ccccc4)CC3)ccc21. The molecule has 1 aliphatic heterocycles. The Labute approximate surface area is 204 Å². The third kappa shape index (κ3) is 5.59. The molecule has 0 bridgehead atoms. The molecule has 1 aromatic heterocycles. The molecular formula is C25H31N3O4S2. The van der Waals surface area contributed by atoms with Crippen LogP contribution < -0.4 is 10.2 Å². The third-order valence-corrected chi connectivity index (χ3v) is 9.20. The highest BCUT2D eigenvalue weighted by Gasteiger charge is 2.31. The number of aryl methyl sites for hydroxylation is 1.